The van der Waals surface area contributed by atoms with Gasteiger partial charge >= 0.3 is 6.18 Å². The lowest BCUT2D eigenvalue weighted by Crippen LogP contribution is -2.10. The topological polar surface area (TPSA) is 35.2 Å². The molecule has 0 fully saturated rings. The third kappa shape index (κ3) is 1.92. The lowest BCUT2D eigenvalue weighted by atomic mass is 10.1. The number of benzene rings is 1. The molecule has 14 heavy (non-hydrogen) atoms. The molecule has 1 aromatic carbocycles. The summed E-state index contributed by atoms with van der Waals surface area (Å²) in [5.74, 6) is 0.0531. The molecule has 78 valence electrons. The van der Waals surface area contributed by atoms with Crippen LogP contribution in [0.25, 0.3) is 0 Å². The number of rotatable bonds is 1. The number of halogens is 3. The Morgan fingerprint density at radius 3 is 2.29 bits per heavy atom. The number of anilines is 1. The summed E-state index contributed by atoms with van der Waals surface area (Å²) in [6, 6.07) is 2.46. The van der Waals surface area contributed by atoms with Crippen LogP contribution >= 0.6 is 0 Å². The van der Waals surface area contributed by atoms with E-state index in [2.05, 4.69) is 0 Å². The lowest BCUT2D eigenvalue weighted by molar-refractivity contribution is -0.137. The summed E-state index contributed by atoms with van der Waals surface area (Å²) < 4.78 is 42.0. The fraction of sp³-hybridized carbons (Fsp3) is 0.333. The van der Waals surface area contributed by atoms with Crippen molar-refractivity contribution in [2.24, 2.45) is 0 Å². The molecule has 0 atom stereocenters. The van der Waals surface area contributed by atoms with E-state index in [0.717, 1.165) is 6.07 Å². The molecule has 5 heteroatoms. The summed E-state index contributed by atoms with van der Waals surface area (Å²) in [4.78, 5) is 0. The van der Waals surface area contributed by atoms with E-state index in [0.29, 0.717) is 5.56 Å². The molecule has 0 aliphatic carbocycles. The van der Waals surface area contributed by atoms with Gasteiger partial charge in [0, 0.05) is 0 Å². The van der Waals surface area contributed by atoms with Gasteiger partial charge in [0.25, 0.3) is 0 Å². The Bertz CT molecular complexity index is 347. The third-order valence-corrected chi connectivity index (χ3v) is 1.81. The van der Waals surface area contributed by atoms with E-state index in [-0.39, 0.29) is 11.4 Å². The maximum Gasteiger partial charge on any atom is 0.418 e. The number of nitrogens with two attached hydrogens (primary N) is 1. The second-order valence-corrected chi connectivity index (χ2v) is 2.93. The van der Waals surface area contributed by atoms with E-state index < -0.39 is 11.7 Å². The van der Waals surface area contributed by atoms with E-state index >= 15 is 0 Å². The minimum Gasteiger partial charge on any atom is -0.495 e. The molecule has 0 bridgehead atoms. The van der Waals surface area contributed by atoms with Crippen LogP contribution < -0.4 is 10.5 Å². The van der Waals surface area contributed by atoms with Crippen molar-refractivity contribution in [3.05, 3.63) is 23.3 Å². The minimum atomic E-state index is -4.44. The van der Waals surface area contributed by atoms with Gasteiger partial charge in [0.15, 0.2) is 0 Å². The van der Waals surface area contributed by atoms with Crippen molar-refractivity contribution in [2.75, 3.05) is 12.8 Å². The van der Waals surface area contributed by atoms with Crippen LogP contribution in [0.3, 0.4) is 0 Å². The number of hydrogen-bond donors (Lipinski definition) is 1. The molecular formula is C9H10F3NO. The van der Waals surface area contributed by atoms with Crippen LogP contribution in [0.4, 0.5) is 18.9 Å². The van der Waals surface area contributed by atoms with Crippen molar-refractivity contribution >= 4 is 5.69 Å². The van der Waals surface area contributed by atoms with E-state index in [1.54, 1.807) is 6.92 Å². The quantitative estimate of drug-likeness (QED) is 0.715. The number of ether oxygens (including phenoxy) is 1. The monoisotopic (exact) mass is 205 g/mol. The smallest absolute Gasteiger partial charge is 0.418 e. The average Bonchev–Trinajstić information content (AvgIpc) is 2.06. The van der Waals surface area contributed by atoms with Crippen molar-refractivity contribution in [3.63, 3.8) is 0 Å². The predicted octanol–water partition coefficient (Wildman–Crippen LogP) is 2.60. The Morgan fingerprint density at radius 1 is 1.29 bits per heavy atom. The number of hydrogen-bond acceptors (Lipinski definition) is 2. The van der Waals surface area contributed by atoms with Crippen LogP contribution in [-0.2, 0) is 6.18 Å². The fourth-order valence-electron chi connectivity index (χ4n) is 1.17. The highest BCUT2D eigenvalue weighted by molar-refractivity contribution is 5.61. The van der Waals surface area contributed by atoms with Crippen molar-refractivity contribution in [1.82, 2.24) is 0 Å². The van der Waals surface area contributed by atoms with Gasteiger partial charge in [-0.3, -0.25) is 0 Å². The first-order valence-corrected chi connectivity index (χ1v) is 3.87. The molecule has 0 saturated carbocycles. The molecule has 0 saturated heterocycles. The zero-order valence-electron chi connectivity index (χ0n) is 7.77. The van der Waals surface area contributed by atoms with Gasteiger partial charge in [0.1, 0.15) is 5.75 Å². The van der Waals surface area contributed by atoms with Crippen LogP contribution in [0.2, 0.25) is 0 Å². The summed E-state index contributed by atoms with van der Waals surface area (Å²) in [7, 11) is 1.28. The Labute approximate surface area is 79.5 Å². The largest absolute Gasteiger partial charge is 0.495 e. The van der Waals surface area contributed by atoms with Crippen LogP contribution in [0.15, 0.2) is 12.1 Å². The minimum absolute atomic E-state index is 0.0531. The number of methoxy groups -OCH3 is 1. The van der Waals surface area contributed by atoms with Crippen molar-refractivity contribution < 1.29 is 17.9 Å². The molecule has 1 rings (SSSR count). The Hall–Kier alpha value is -1.39. The summed E-state index contributed by atoms with van der Waals surface area (Å²) in [6.07, 6.45) is -4.44. The number of aryl methyl sites for hydroxylation is 1. The van der Waals surface area contributed by atoms with E-state index in [9.17, 15) is 13.2 Å². The second kappa shape index (κ2) is 3.40. The molecule has 1 aromatic rings. The standard InChI is InChI=1S/C9H10F3NO/c1-5-3-6(9(10,11)12)8(13)7(4-5)14-2/h3-4H,13H2,1-2H3. The molecule has 0 spiro atoms. The molecular weight excluding hydrogens is 195 g/mol. The van der Waals surface area contributed by atoms with Gasteiger partial charge in [0.05, 0.1) is 18.4 Å². The van der Waals surface area contributed by atoms with Crippen LogP contribution in [0, 0.1) is 6.92 Å². The van der Waals surface area contributed by atoms with Gasteiger partial charge in [-0.25, -0.2) is 0 Å². The van der Waals surface area contributed by atoms with Gasteiger partial charge in [-0.2, -0.15) is 13.2 Å². The van der Waals surface area contributed by atoms with Crippen molar-refractivity contribution in [3.8, 4) is 5.75 Å². The molecule has 0 radical (unpaired) electrons. The lowest BCUT2D eigenvalue weighted by Gasteiger charge is -2.13. The Kier molecular flexibility index (Phi) is 2.59. The first-order chi connectivity index (χ1) is 6.36. The number of alkyl halides is 3. The maximum absolute atomic E-state index is 12.4. The summed E-state index contributed by atoms with van der Waals surface area (Å²) in [5.41, 5.74) is 4.54. The predicted molar refractivity (Wildman–Crippen MR) is 47.1 cm³/mol. The van der Waals surface area contributed by atoms with E-state index in [1.807, 2.05) is 0 Å². The molecule has 0 aliphatic heterocycles. The molecule has 2 N–H and O–H groups in total. The normalized spacial score (nSPS) is 11.5. The molecule has 0 aliphatic rings. The van der Waals surface area contributed by atoms with Gasteiger partial charge in [-0.05, 0) is 24.6 Å². The van der Waals surface area contributed by atoms with E-state index in [1.165, 1.54) is 13.2 Å². The van der Waals surface area contributed by atoms with Crippen LogP contribution in [-0.4, -0.2) is 7.11 Å². The van der Waals surface area contributed by atoms with Crippen LogP contribution in [0.1, 0.15) is 11.1 Å². The zero-order chi connectivity index (χ0) is 10.9. The first-order valence-electron chi connectivity index (χ1n) is 3.87. The van der Waals surface area contributed by atoms with Crippen LogP contribution in [0.5, 0.6) is 5.75 Å². The zero-order valence-corrected chi connectivity index (χ0v) is 7.77. The second-order valence-electron chi connectivity index (χ2n) is 2.93. The van der Waals surface area contributed by atoms with Gasteiger partial charge in [-0.1, -0.05) is 0 Å². The summed E-state index contributed by atoms with van der Waals surface area (Å²) in [6.45, 7) is 1.55. The highest BCUT2D eigenvalue weighted by Gasteiger charge is 2.34. The summed E-state index contributed by atoms with van der Waals surface area (Å²) in [5, 5.41) is 0. The Balaban J connectivity index is 3.37. The number of nitrogen functional groups attached to an aromatic ring is 1. The third-order valence-electron chi connectivity index (χ3n) is 1.81. The maximum atomic E-state index is 12.4. The molecule has 0 aromatic heterocycles. The highest BCUT2D eigenvalue weighted by Crippen LogP contribution is 2.38. The van der Waals surface area contributed by atoms with Gasteiger partial charge in [0.2, 0.25) is 0 Å². The first kappa shape index (κ1) is 10.7. The average molecular weight is 205 g/mol. The SMILES string of the molecule is COc1cc(C)cc(C(F)(F)F)c1N. The van der Waals surface area contributed by atoms with Crippen molar-refractivity contribution in [1.29, 1.82) is 0 Å². The Morgan fingerprint density at radius 2 is 1.86 bits per heavy atom. The fourth-order valence-corrected chi connectivity index (χ4v) is 1.17. The van der Waals surface area contributed by atoms with E-state index in [4.69, 9.17) is 10.5 Å². The van der Waals surface area contributed by atoms with Crippen molar-refractivity contribution in [2.45, 2.75) is 13.1 Å². The van der Waals surface area contributed by atoms with Gasteiger partial charge in [-0.15, -0.1) is 0 Å². The van der Waals surface area contributed by atoms with Gasteiger partial charge < -0.3 is 10.5 Å². The molecule has 0 amide bonds. The molecule has 0 heterocycles. The molecule has 0 unspecified atom stereocenters. The molecule has 2 nitrogen and oxygen atoms in total. The summed E-state index contributed by atoms with van der Waals surface area (Å²) >= 11 is 0. The highest BCUT2D eigenvalue weighted by atomic mass is 19.4.